The Morgan fingerprint density at radius 2 is 1.78 bits per heavy atom. The van der Waals surface area contributed by atoms with Crippen molar-refractivity contribution in [3.05, 3.63) is 108 Å². The van der Waals surface area contributed by atoms with E-state index < -0.39 is 0 Å². The predicted octanol–water partition coefficient (Wildman–Crippen LogP) is 8.30. The standard InChI is InChI=1S/C41H40FN5O4/c1-25-19-28(23-47(22-25)40(49)50-24-27-7-4-3-5-8-27)45-39-44-18-14-35(46-39)31-9-6-17-43-38(31)51-37-26(2)10-11-29-30(37)12-13-34(42)32(29)20-36(48)33-21-41(33)15-16-41/h3-14,17-18,25,28,33H,15-16,19-24H2,1-2H3,(H,44,45,46)/t25-,28+,33?/m1/s1. The number of hydrogen-bond donors (Lipinski definition) is 1. The number of aryl methyl sites for hydroxylation is 1. The predicted molar refractivity (Wildman–Crippen MR) is 192 cm³/mol. The largest absolute Gasteiger partial charge is 0.445 e. The van der Waals surface area contributed by atoms with E-state index in [9.17, 15) is 9.59 Å². The minimum absolute atomic E-state index is 0.0681. The van der Waals surface area contributed by atoms with Gasteiger partial charge in [0, 0.05) is 54.8 Å². The number of halogens is 1. The second-order valence-electron chi connectivity index (χ2n) is 14.4. The Hall–Kier alpha value is -5.38. The van der Waals surface area contributed by atoms with Gasteiger partial charge in [0.05, 0.1) is 11.3 Å². The molecule has 0 radical (unpaired) electrons. The average molecular weight is 686 g/mol. The molecule has 3 fully saturated rings. The van der Waals surface area contributed by atoms with Crippen LogP contribution < -0.4 is 10.1 Å². The number of nitrogens with zero attached hydrogens (tertiary/aromatic N) is 4. The number of hydrogen-bond acceptors (Lipinski definition) is 8. The third-order valence-corrected chi connectivity index (χ3v) is 10.6. The van der Waals surface area contributed by atoms with E-state index in [4.69, 9.17) is 14.5 Å². The number of Topliss-reactive ketones (excluding diaryl/α,β-unsaturated/α-hetero) is 1. The highest BCUT2D eigenvalue weighted by atomic mass is 19.1. The fraction of sp³-hybridized carbons (Fsp3) is 0.341. The molecule has 0 bridgehead atoms. The minimum atomic E-state index is -0.379. The van der Waals surface area contributed by atoms with Gasteiger partial charge in [0.15, 0.2) is 0 Å². The third-order valence-electron chi connectivity index (χ3n) is 10.6. The molecule has 8 rings (SSSR count). The first-order valence-corrected chi connectivity index (χ1v) is 17.7. The summed E-state index contributed by atoms with van der Waals surface area (Å²) in [6, 6.07) is 22.0. The van der Waals surface area contributed by atoms with E-state index in [0.29, 0.717) is 52.9 Å². The zero-order valence-corrected chi connectivity index (χ0v) is 28.8. The number of fused-ring (bicyclic) bond motifs is 1. The van der Waals surface area contributed by atoms with Crippen LogP contribution in [0.1, 0.15) is 49.3 Å². The second kappa shape index (κ2) is 13.4. The fourth-order valence-electron chi connectivity index (χ4n) is 7.59. The Morgan fingerprint density at radius 1 is 0.961 bits per heavy atom. The molecule has 2 aliphatic carbocycles. The number of benzene rings is 3. The van der Waals surface area contributed by atoms with Crippen LogP contribution in [0.2, 0.25) is 0 Å². The van der Waals surface area contributed by atoms with Gasteiger partial charge in [-0.3, -0.25) is 4.79 Å². The smallest absolute Gasteiger partial charge is 0.410 e. The number of carbonyl (C=O) groups is 2. The van der Waals surface area contributed by atoms with Crippen LogP contribution in [0.3, 0.4) is 0 Å². The first kappa shape index (κ1) is 32.8. The lowest BCUT2D eigenvalue weighted by Gasteiger charge is -2.36. The van der Waals surface area contributed by atoms with E-state index in [1.165, 1.54) is 6.07 Å². The van der Waals surface area contributed by atoms with Gasteiger partial charge in [-0.05, 0) is 90.8 Å². The van der Waals surface area contributed by atoms with Gasteiger partial charge in [-0.15, -0.1) is 0 Å². The minimum Gasteiger partial charge on any atom is -0.445 e. The Bertz CT molecular complexity index is 2120. The van der Waals surface area contributed by atoms with Crippen molar-refractivity contribution in [1.29, 1.82) is 0 Å². The Morgan fingerprint density at radius 3 is 2.59 bits per heavy atom. The molecule has 3 atom stereocenters. The van der Waals surface area contributed by atoms with Crippen LogP contribution in [0.5, 0.6) is 11.6 Å². The molecule has 3 aromatic carbocycles. The Kier molecular flexibility index (Phi) is 8.61. The van der Waals surface area contributed by atoms with Crippen molar-refractivity contribution in [3.63, 3.8) is 0 Å². The first-order valence-electron chi connectivity index (χ1n) is 17.7. The van der Waals surface area contributed by atoms with Crippen LogP contribution in [0, 0.1) is 30.0 Å². The molecule has 260 valence electrons. The molecule has 1 unspecified atom stereocenters. The number of aromatic nitrogens is 3. The lowest BCUT2D eigenvalue weighted by molar-refractivity contribution is -0.120. The molecule has 51 heavy (non-hydrogen) atoms. The summed E-state index contributed by atoms with van der Waals surface area (Å²) < 4.78 is 27.4. The number of likely N-dealkylation sites (tertiary alicyclic amines) is 1. The van der Waals surface area contributed by atoms with Gasteiger partial charge in [0.1, 0.15) is 24.0 Å². The molecule has 1 spiro atoms. The fourth-order valence-corrected chi connectivity index (χ4v) is 7.59. The molecule has 3 aliphatic rings. The molecule has 1 aliphatic heterocycles. The van der Waals surface area contributed by atoms with Crippen molar-refractivity contribution < 1.29 is 23.5 Å². The van der Waals surface area contributed by atoms with Crippen LogP contribution in [-0.4, -0.2) is 50.9 Å². The van der Waals surface area contributed by atoms with Crippen LogP contribution in [0.15, 0.2) is 85.2 Å². The summed E-state index contributed by atoms with van der Waals surface area (Å²) in [6.45, 7) is 5.35. The Labute approximate surface area is 296 Å². The van der Waals surface area contributed by atoms with Crippen LogP contribution in [-0.2, 0) is 22.6 Å². The molecule has 1 N–H and O–H groups in total. The molecule has 2 aromatic heterocycles. The normalized spacial score (nSPS) is 20.2. The summed E-state index contributed by atoms with van der Waals surface area (Å²) in [5.41, 5.74) is 3.69. The van der Waals surface area contributed by atoms with Gasteiger partial charge in [-0.2, -0.15) is 0 Å². The number of ketones is 1. The third kappa shape index (κ3) is 6.87. The second-order valence-corrected chi connectivity index (χ2v) is 14.4. The van der Waals surface area contributed by atoms with E-state index in [1.807, 2.05) is 61.5 Å². The van der Waals surface area contributed by atoms with E-state index in [0.717, 1.165) is 42.2 Å². The van der Waals surface area contributed by atoms with Crippen molar-refractivity contribution in [3.8, 4) is 22.9 Å². The maximum atomic E-state index is 15.3. The summed E-state index contributed by atoms with van der Waals surface area (Å²) in [5.74, 6) is 1.38. The zero-order valence-electron chi connectivity index (χ0n) is 28.8. The lowest BCUT2D eigenvalue weighted by Crippen LogP contribution is -2.48. The summed E-state index contributed by atoms with van der Waals surface area (Å²) >= 11 is 0. The molecule has 10 heteroatoms. The molecule has 5 aromatic rings. The first-order chi connectivity index (χ1) is 24.8. The topological polar surface area (TPSA) is 107 Å². The van der Waals surface area contributed by atoms with Gasteiger partial charge in [0.2, 0.25) is 11.8 Å². The van der Waals surface area contributed by atoms with Gasteiger partial charge < -0.3 is 19.7 Å². The average Bonchev–Trinajstić information content (AvgIpc) is 4.07. The molecule has 1 saturated heterocycles. The maximum absolute atomic E-state index is 15.3. The quantitative estimate of drug-likeness (QED) is 0.157. The van der Waals surface area contributed by atoms with Crippen molar-refractivity contribution in [1.82, 2.24) is 19.9 Å². The number of carbonyl (C=O) groups excluding carboxylic acids is 2. The van der Waals surface area contributed by atoms with E-state index in [2.05, 4.69) is 22.2 Å². The van der Waals surface area contributed by atoms with E-state index in [1.54, 1.807) is 29.4 Å². The highest BCUT2D eigenvalue weighted by Crippen LogP contribution is 2.71. The van der Waals surface area contributed by atoms with Gasteiger partial charge in [0.25, 0.3) is 0 Å². The maximum Gasteiger partial charge on any atom is 0.410 e. The number of piperidine rings is 1. The summed E-state index contributed by atoms with van der Waals surface area (Å²) in [4.78, 5) is 41.7. The molecule has 2 saturated carbocycles. The van der Waals surface area contributed by atoms with Crippen molar-refractivity contribution in [2.24, 2.45) is 17.3 Å². The summed E-state index contributed by atoms with van der Waals surface area (Å²) in [6.07, 6.45) is 7.07. The summed E-state index contributed by atoms with van der Waals surface area (Å²) in [5, 5.41) is 4.82. The lowest BCUT2D eigenvalue weighted by atomic mass is 9.96. The number of amides is 1. The molecular formula is C41H40FN5O4. The van der Waals surface area contributed by atoms with E-state index >= 15 is 4.39 Å². The number of ether oxygens (including phenoxy) is 2. The highest BCUT2D eigenvalue weighted by Gasteiger charge is 2.65. The van der Waals surface area contributed by atoms with Crippen molar-refractivity contribution >= 4 is 28.6 Å². The highest BCUT2D eigenvalue weighted by molar-refractivity contribution is 5.97. The van der Waals surface area contributed by atoms with Gasteiger partial charge in [-0.25, -0.2) is 24.1 Å². The van der Waals surface area contributed by atoms with Crippen LogP contribution in [0.25, 0.3) is 22.0 Å². The Balaban J connectivity index is 1.00. The number of pyridine rings is 1. The van der Waals surface area contributed by atoms with Crippen molar-refractivity contribution in [2.75, 3.05) is 18.4 Å². The molecule has 3 heterocycles. The molecular weight excluding hydrogens is 645 g/mol. The SMILES string of the molecule is Cc1ccc2c(CC(=O)C3CC34CC4)c(F)ccc2c1Oc1ncccc1-c1ccnc(N[C@H]2C[C@@H](C)CN(C(=O)OCc3ccccc3)C2)n1. The number of nitrogens with one attached hydrogen (secondary N) is 1. The number of rotatable bonds is 10. The van der Waals surface area contributed by atoms with Crippen molar-refractivity contribution in [2.45, 2.75) is 58.6 Å². The van der Waals surface area contributed by atoms with Crippen LogP contribution in [0.4, 0.5) is 15.1 Å². The van der Waals surface area contributed by atoms with Gasteiger partial charge >= 0.3 is 6.09 Å². The molecule has 9 nitrogen and oxygen atoms in total. The summed E-state index contributed by atoms with van der Waals surface area (Å²) in [7, 11) is 0. The van der Waals surface area contributed by atoms with Crippen LogP contribution >= 0.6 is 0 Å². The molecule has 1 amide bonds. The zero-order chi connectivity index (χ0) is 35.1. The monoisotopic (exact) mass is 685 g/mol. The van der Waals surface area contributed by atoms with E-state index in [-0.39, 0.29) is 54.0 Å². The van der Waals surface area contributed by atoms with Gasteiger partial charge in [-0.1, -0.05) is 49.4 Å². The number of anilines is 1.